The maximum atomic E-state index is 13.2. The van der Waals surface area contributed by atoms with Crippen molar-refractivity contribution in [1.82, 2.24) is 4.57 Å². The second-order valence-electron chi connectivity index (χ2n) is 5.07. The normalized spacial score (nSPS) is 12.3. The Morgan fingerprint density at radius 1 is 1.23 bits per heavy atom. The maximum absolute atomic E-state index is 13.2. The van der Waals surface area contributed by atoms with E-state index in [1.165, 1.54) is 12.1 Å². The number of aromatic nitrogens is 1. The van der Waals surface area contributed by atoms with Gasteiger partial charge in [0.1, 0.15) is 11.9 Å². The molecule has 112 valence electrons. The fourth-order valence-electron chi connectivity index (χ4n) is 2.40. The van der Waals surface area contributed by atoms with Crippen molar-refractivity contribution in [1.29, 1.82) is 0 Å². The van der Waals surface area contributed by atoms with Crippen LogP contribution in [0.25, 0.3) is 10.9 Å². The van der Waals surface area contributed by atoms with E-state index < -0.39 is 6.04 Å². The molecule has 22 heavy (non-hydrogen) atoms. The number of benzene rings is 2. The molecule has 3 aromatic rings. The van der Waals surface area contributed by atoms with E-state index in [0.29, 0.717) is 10.7 Å². The lowest BCUT2D eigenvalue weighted by atomic mass is 10.2. The van der Waals surface area contributed by atoms with Crippen molar-refractivity contribution in [2.24, 2.45) is 0 Å². The lowest BCUT2D eigenvalue weighted by molar-refractivity contribution is -0.118. The molecule has 0 bridgehead atoms. The number of rotatable bonds is 3. The first-order chi connectivity index (χ1) is 10.6. The molecule has 0 saturated carbocycles. The molecule has 0 aliphatic rings. The summed E-state index contributed by atoms with van der Waals surface area (Å²) in [5, 5.41) is 4.06. The highest BCUT2D eigenvalue weighted by molar-refractivity contribution is 6.33. The number of fused-ring (bicyclic) bond motifs is 1. The van der Waals surface area contributed by atoms with Gasteiger partial charge in [-0.15, -0.1) is 0 Å². The number of nitrogens with zero attached hydrogens (tertiary/aromatic N) is 1. The summed E-state index contributed by atoms with van der Waals surface area (Å²) in [5.74, 6) is -0.478. The zero-order chi connectivity index (χ0) is 15.7. The minimum Gasteiger partial charge on any atom is -0.335 e. The zero-order valence-electron chi connectivity index (χ0n) is 11.9. The first kappa shape index (κ1) is 14.6. The molecule has 1 amide bonds. The molecule has 1 unspecified atom stereocenters. The summed E-state index contributed by atoms with van der Waals surface area (Å²) in [6, 6.07) is 12.9. The van der Waals surface area contributed by atoms with E-state index in [-0.39, 0.29) is 11.7 Å². The van der Waals surface area contributed by atoms with Crippen LogP contribution in [0, 0.1) is 5.82 Å². The molecular weight excluding hydrogens is 303 g/mol. The van der Waals surface area contributed by atoms with E-state index in [1.807, 2.05) is 0 Å². The van der Waals surface area contributed by atoms with Crippen LogP contribution in [0.5, 0.6) is 0 Å². The van der Waals surface area contributed by atoms with Gasteiger partial charge in [-0.25, -0.2) is 4.39 Å². The van der Waals surface area contributed by atoms with E-state index in [0.717, 1.165) is 10.9 Å². The Hall–Kier alpha value is -2.33. The third-order valence-corrected chi connectivity index (χ3v) is 3.94. The van der Waals surface area contributed by atoms with E-state index in [9.17, 15) is 9.18 Å². The average molecular weight is 317 g/mol. The average Bonchev–Trinajstić information content (AvgIpc) is 2.91. The number of anilines is 1. The smallest absolute Gasteiger partial charge is 0.247 e. The predicted octanol–water partition coefficient (Wildman–Crippen LogP) is 4.63. The highest BCUT2D eigenvalue weighted by atomic mass is 35.5. The van der Waals surface area contributed by atoms with Gasteiger partial charge in [0.25, 0.3) is 0 Å². The molecule has 0 aliphatic heterocycles. The van der Waals surface area contributed by atoms with Crippen LogP contribution >= 0.6 is 11.6 Å². The lowest BCUT2D eigenvalue weighted by Crippen LogP contribution is -2.23. The molecule has 1 heterocycles. The van der Waals surface area contributed by atoms with Crippen LogP contribution in [0.15, 0.2) is 54.7 Å². The summed E-state index contributed by atoms with van der Waals surface area (Å²) < 4.78 is 15.0. The van der Waals surface area contributed by atoms with E-state index in [2.05, 4.69) is 5.32 Å². The molecule has 1 aromatic heterocycles. The van der Waals surface area contributed by atoms with Crippen LogP contribution in [0.2, 0.25) is 5.02 Å². The maximum Gasteiger partial charge on any atom is 0.247 e. The van der Waals surface area contributed by atoms with Gasteiger partial charge in [-0.1, -0.05) is 23.7 Å². The third kappa shape index (κ3) is 2.70. The van der Waals surface area contributed by atoms with Crippen LogP contribution in [0.1, 0.15) is 13.0 Å². The summed E-state index contributed by atoms with van der Waals surface area (Å²) in [6.07, 6.45) is 1.78. The number of halogens is 2. The second kappa shape index (κ2) is 5.81. The summed E-state index contributed by atoms with van der Waals surface area (Å²) in [6.45, 7) is 1.79. The van der Waals surface area contributed by atoms with Crippen molar-refractivity contribution in [3.63, 3.8) is 0 Å². The molecular formula is C17H14ClFN2O. The van der Waals surface area contributed by atoms with Crippen LogP contribution < -0.4 is 5.32 Å². The molecule has 0 fully saturated rings. The SMILES string of the molecule is CC(C(=O)Nc1ccccc1Cl)n1ccc2cc(F)ccc21. The molecule has 0 saturated heterocycles. The van der Waals surface area contributed by atoms with Gasteiger partial charge in [0.15, 0.2) is 0 Å². The number of hydrogen-bond donors (Lipinski definition) is 1. The third-order valence-electron chi connectivity index (χ3n) is 3.61. The quantitative estimate of drug-likeness (QED) is 0.751. The van der Waals surface area contributed by atoms with Crippen molar-refractivity contribution >= 4 is 34.1 Å². The molecule has 3 rings (SSSR count). The second-order valence-corrected chi connectivity index (χ2v) is 5.48. The van der Waals surface area contributed by atoms with Gasteiger partial charge < -0.3 is 9.88 Å². The van der Waals surface area contributed by atoms with Gasteiger partial charge in [-0.3, -0.25) is 4.79 Å². The molecule has 0 aliphatic carbocycles. The molecule has 5 heteroatoms. The van der Waals surface area contributed by atoms with Gasteiger partial charge >= 0.3 is 0 Å². The van der Waals surface area contributed by atoms with Crippen LogP contribution in [0.4, 0.5) is 10.1 Å². The van der Waals surface area contributed by atoms with Gasteiger partial charge in [0.05, 0.1) is 10.7 Å². The number of amides is 1. The van der Waals surface area contributed by atoms with Crippen LogP contribution in [-0.2, 0) is 4.79 Å². The van der Waals surface area contributed by atoms with E-state index >= 15 is 0 Å². The van der Waals surface area contributed by atoms with E-state index in [4.69, 9.17) is 11.6 Å². The Morgan fingerprint density at radius 3 is 2.77 bits per heavy atom. The number of para-hydroxylation sites is 1. The van der Waals surface area contributed by atoms with Gasteiger partial charge in [0, 0.05) is 17.1 Å². The Labute approximate surface area is 132 Å². The van der Waals surface area contributed by atoms with Crippen LogP contribution in [0.3, 0.4) is 0 Å². The first-order valence-electron chi connectivity index (χ1n) is 6.88. The van der Waals surface area contributed by atoms with E-state index in [1.54, 1.807) is 54.1 Å². The van der Waals surface area contributed by atoms with Gasteiger partial charge in [-0.05, 0) is 43.3 Å². The Balaban J connectivity index is 1.87. The molecule has 0 radical (unpaired) electrons. The highest BCUT2D eigenvalue weighted by Crippen LogP contribution is 2.24. The molecule has 1 atom stereocenters. The predicted molar refractivity (Wildman–Crippen MR) is 86.7 cm³/mol. The fraction of sp³-hybridized carbons (Fsp3) is 0.118. The molecule has 3 nitrogen and oxygen atoms in total. The summed E-state index contributed by atoms with van der Waals surface area (Å²) >= 11 is 6.05. The van der Waals surface area contributed by atoms with Crippen LogP contribution in [-0.4, -0.2) is 10.5 Å². The minimum absolute atomic E-state index is 0.185. The van der Waals surface area contributed by atoms with Crippen molar-refractivity contribution in [3.05, 3.63) is 65.6 Å². The summed E-state index contributed by atoms with van der Waals surface area (Å²) in [7, 11) is 0. The van der Waals surface area contributed by atoms with Crippen molar-refractivity contribution in [2.75, 3.05) is 5.32 Å². The summed E-state index contributed by atoms with van der Waals surface area (Å²) in [5.41, 5.74) is 1.38. The Morgan fingerprint density at radius 2 is 2.00 bits per heavy atom. The number of nitrogens with one attached hydrogen (secondary N) is 1. The lowest BCUT2D eigenvalue weighted by Gasteiger charge is -2.16. The number of hydrogen-bond acceptors (Lipinski definition) is 1. The monoisotopic (exact) mass is 316 g/mol. The standard InChI is InChI=1S/C17H14ClFN2O/c1-11(17(22)20-15-5-3-2-4-14(15)18)21-9-8-12-10-13(19)6-7-16(12)21/h2-11H,1H3,(H,20,22). The number of carbonyl (C=O) groups excluding carboxylic acids is 1. The first-order valence-corrected chi connectivity index (χ1v) is 7.25. The minimum atomic E-state index is -0.445. The van der Waals surface area contributed by atoms with Crippen molar-refractivity contribution in [2.45, 2.75) is 13.0 Å². The number of carbonyl (C=O) groups is 1. The summed E-state index contributed by atoms with van der Waals surface area (Å²) in [4.78, 5) is 12.4. The molecule has 0 spiro atoms. The Bertz CT molecular complexity index is 844. The molecule has 2 aromatic carbocycles. The topological polar surface area (TPSA) is 34.0 Å². The van der Waals surface area contributed by atoms with Gasteiger partial charge in [-0.2, -0.15) is 0 Å². The zero-order valence-corrected chi connectivity index (χ0v) is 12.6. The fourth-order valence-corrected chi connectivity index (χ4v) is 2.58. The molecule has 1 N–H and O–H groups in total. The Kier molecular flexibility index (Phi) is 3.86. The largest absolute Gasteiger partial charge is 0.335 e. The van der Waals surface area contributed by atoms with Crippen molar-refractivity contribution in [3.8, 4) is 0 Å². The highest BCUT2D eigenvalue weighted by Gasteiger charge is 2.17. The van der Waals surface area contributed by atoms with Gasteiger partial charge in [0.2, 0.25) is 5.91 Å². The van der Waals surface area contributed by atoms with Crippen molar-refractivity contribution < 1.29 is 9.18 Å².